The molecule has 0 spiro atoms. The van der Waals surface area contributed by atoms with Crippen LogP contribution in [0.15, 0.2) is 112 Å². The number of nitrogens with one attached hydrogen (secondary N) is 1. The summed E-state index contributed by atoms with van der Waals surface area (Å²) in [4.78, 5) is 13.2. The molecule has 4 rings (SSSR count). The van der Waals surface area contributed by atoms with Crippen LogP contribution >= 0.6 is 15.9 Å². The van der Waals surface area contributed by atoms with Gasteiger partial charge in [-0.2, -0.15) is 13.5 Å². The predicted molar refractivity (Wildman–Crippen MR) is 151 cm³/mol. The van der Waals surface area contributed by atoms with Gasteiger partial charge in [0.25, 0.3) is 5.91 Å². The zero-order valence-electron chi connectivity index (χ0n) is 21.0. The number of halogens is 1. The van der Waals surface area contributed by atoms with Gasteiger partial charge in [-0.15, -0.1) is 0 Å². The fraction of sp³-hybridized carbons (Fsp3) is 0.103. The SMILES string of the molecule is COc1cc(/C=N\NC(=O)C(O)(c2ccccc2)c2ccccc2)cc(Br)c1OS(=O)(=O)c1ccc(C)cc1. The van der Waals surface area contributed by atoms with Crippen molar-refractivity contribution in [2.24, 2.45) is 5.10 Å². The molecule has 4 aromatic carbocycles. The summed E-state index contributed by atoms with van der Waals surface area (Å²) in [6.07, 6.45) is 1.33. The van der Waals surface area contributed by atoms with Crippen LogP contribution in [0.4, 0.5) is 0 Å². The summed E-state index contributed by atoms with van der Waals surface area (Å²) in [5.41, 5.74) is 2.55. The van der Waals surface area contributed by atoms with E-state index in [4.69, 9.17) is 8.92 Å². The van der Waals surface area contributed by atoms with Crippen LogP contribution in [0.1, 0.15) is 22.3 Å². The van der Waals surface area contributed by atoms with E-state index < -0.39 is 21.6 Å². The van der Waals surface area contributed by atoms with Crippen LogP contribution in [-0.2, 0) is 20.5 Å². The molecule has 0 saturated heterocycles. The molecule has 0 radical (unpaired) electrons. The highest BCUT2D eigenvalue weighted by atomic mass is 79.9. The highest BCUT2D eigenvalue weighted by Crippen LogP contribution is 2.38. The number of aryl methyl sites for hydroxylation is 1. The molecular formula is C29H25BrN2O6S. The van der Waals surface area contributed by atoms with Gasteiger partial charge < -0.3 is 14.0 Å². The average Bonchev–Trinajstić information content (AvgIpc) is 2.95. The second kappa shape index (κ2) is 11.8. The Hall–Kier alpha value is -3.99. The van der Waals surface area contributed by atoms with Crippen LogP contribution in [-0.4, -0.2) is 32.8 Å². The molecular weight excluding hydrogens is 584 g/mol. The van der Waals surface area contributed by atoms with Gasteiger partial charge in [-0.3, -0.25) is 4.79 Å². The van der Waals surface area contributed by atoms with Gasteiger partial charge in [-0.25, -0.2) is 5.43 Å². The van der Waals surface area contributed by atoms with Gasteiger partial charge in [-0.1, -0.05) is 78.4 Å². The maximum atomic E-state index is 13.2. The molecule has 0 aromatic heterocycles. The molecule has 4 aromatic rings. The monoisotopic (exact) mass is 608 g/mol. The van der Waals surface area contributed by atoms with Crippen molar-refractivity contribution in [3.63, 3.8) is 0 Å². The van der Waals surface area contributed by atoms with Crippen LogP contribution in [0.25, 0.3) is 0 Å². The molecule has 0 fully saturated rings. The fourth-order valence-electron chi connectivity index (χ4n) is 3.79. The highest BCUT2D eigenvalue weighted by molar-refractivity contribution is 9.10. The Balaban J connectivity index is 1.57. The number of carbonyl (C=O) groups is 1. The van der Waals surface area contributed by atoms with E-state index >= 15 is 0 Å². The predicted octanol–water partition coefficient (Wildman–Crippen LogP) is 4.92. The summed E-state index contributed by atoms with van der Waals surface area (Å²) in [5.74, 6) is -0.675. The molecule has 0 bridgehead atoms. The minimum Gasteiger partial charge on any atom is -0.493 e. The van der Waals surface area contributed by atoms with E-state index in [2.05, 4.69) is 26.5 Å². The summed E-state index contributed by atoms with van der Waals surface area (Å²) in [6, 6.07) is 26.4. The third-order valence-corrected chi connectivity index (χ3v) is 7.67. The average molecular weight is 609 g/mol. The van der Waals surface area contributed by atoms with Crippen molar-refractivity contribution in [1.29, 1.82) is 0 Å². The molecule has 200 valence electrons. The van der Waals surface area contributed by atoms with Crippen molar-refractivity contribution in [2.75, 3.05) is 7.11 Å². The second-order valence-corrected chi connectivity index (χ2v) is 10.9. The first-order valence-electron chi connectivity index (χ1n) is 11.7. The van der Waals surface area contributed by atoms with Crippen LogP contribution in [0.3, 0.4) is 0 Å². The van der Waals surface area contributed by atoms with E-state index in [1.165, 1.54) is 31.5 Å². The van der Waals surface area contributed by atoms with E-state index in [1.807, 2.05) is 6.92 Å². The largest absolute Gasteiger partial charge is 0.493 e. The van der Waals surface area contributed by atoms with Crippen molar-refractivity contribution in [1.82, 2.24) is 5.43 Å². The maximum absolute atomic E-state index is 13.2. The molecule has 39 heavy (non-hydrogen) atoms. The fourth-order valence-corrected chi connectivity index (χ4v) is 5.40. The first kappa shape index (κ1) is 28.0. The van der Waals surface area contributed by atoms with Gasteiger partial charge in [0.15, 0.2) is 17.1 Å². The zero-order chi connectivity index (χ0) is 28.0. The Morgan fingerprint density at radius 3 is 2.05 bits per heavy atom. The summed E-state index contributed by atoms with van der Waals surface area (Å²) < 4.78 is 36.6. The Bertz CT molecular complexity index is 1550. The van der Waals surface area contributed by atoms with E-state index in [1.54, 1.807) is 78.9 Å². The minimum absolute atomic E-state index is 0.000256. The number of hydrogen-bond acceptors (Lipinski definition) is 7. The minimum atomic E-state index is -4.12. The van der Waals surface area contributed by atoms with Gasteiger partial charge >= 0.3 is 10.1 Å². The van der Waals surface area contributed by atoms with Gasteiger partial charge in [0, 0.05) is 0 Å². The van der Waals surface area contributed by atoms with Crippen LogP contribution < -0.4 is 14.3 Å². The van der Waals surface area contributed by atoms with Crippen molar-refractivity contribution in [2.45, 2.75) is 17.4 Å². The standard InChI is InChI=1S/C29H25BrN2O6S/c1-20-13-15-24(16-14-20)39(35,36)38-27-25(30)17-21(18-26(27)37-2)19-31-32-28(33)29(34,22-9-5-3-6-10-22)23-11-7-4-8-12-23/h3-19,34H,1-2H3,(H,32,33)/b31-19-. The third-order valence-electron chi connectivity index (χ3n) is 5.85. The molecule has 0 atom stereocenters. The Kier molecular flexibility index (Phi) is 8.49. The summed E-state index contributed by atoms with van der Waals surface area (Å²) in [6.45, 7) is 1.85. The van der Waals surface area contributed by atoms with Gasteiger partial charge in [-0.05, 0) is 63.8 Å². The Labute approximate surface area is 235 Å². The molecule has 2 N–H and O–H groups in total. The molecule has 1 amide bonds. The van der Waals surface area contributed by atoms with Crippen LogP contribution in [0.2, 0.25) is 0 Å². The van der Waals surface area contributed by atoms with Crippen LogP contribution in [0.5, 0.6) is 11.5 Å². The van der Waals surface area contributed by atoms with E-state index in [-0.39, 0.29) is 20.9 Å². The molecule has 0 aliphatic rings. The van der Waals surface area contributed by atoms with Gasteiger partial charge in [0.2, 0.25) is 0 Å². The van der Waals surface area contributed by atoms with E-state index in [0.29, 0.717) is 16.7 Å². The molecule has 0 aliphatic carbocycles. The van der Waals surface area contributed by atoms with Crippen LogP contribution in [0, 0.1) is 6.92 Å². The van der Waals surface area contributed by atoms with Gasteiger partial charge in [0.1, 0.15) is 4.90 Å². The number of ether oxygens (including phenoxy) is 1. The quantitative estimate of drug-likeness (QED) is 0.158. The summed E-state index contributed by atoms with van der Waals surface area (Å²) >= 11 is 3.33. The van der Waals surface area contributed by atoms with Crippen molar-refractivity contribution in [3.05, 3.63) is 124 Å². The normalized spacial score (nSPS) is 11.8. The lowest BCUT2D eigenvalue weighted by Crippen LogP contribution is -2.43. The molecule has 0 aliphatic heterocycles. The molecule has 0 saturated carbocycles. The lowest BCUT2D eigenvalue weighted by molar-refractivity contribution is -0.136. The number of amides is 1. The van der Waals surface area contributed by atoms with Crippen molar-refractivity contribution < 1.29 is 27.2 Å². The Morgan fingerprint density at radius 2 is 1.51 bits per heavy atom. The van der Waals surface area contributed by atoms with Gasteiger partial charge in [0.05, 0.1) is 17.8 Å². The van der Waals surface area contributed by atoms with E-state index in [9.17, 15) is 18.3 Å². The summed E-state index contributed by atoms with van der Waals surface area (Å²) in [5, 5.41) is 15.5. The number of carbonyl (C=O) groups excluding carboxylic acids is 1. The molecule has 0 unspecified atom stereocenters. The zero-order valence-corrected chi connectivity index (χ0v) is 23.4. The third kappa shape index (κ3) is 6.19. The summed E-state index contributed by atoms with van der Waals surface area (Å²) in [7, 11) is -2.75. The smallest absolute Gasteiger partial charge is 0.339 e. The van der Waals surface area contributed by atoms with E-state index in [0.717, 1.165) is 5.56 Å². The first-order chi connectivity index (χ1) is 18.6. The number of methoxy groups -OCH3 is 1. The first-order valence-corrected chi connectivity index (χ1v) is 13.9. The number of rotatable bonds is 9. The molecule has 0 heterocycles. The Morgan fingerprint density at radius 1 is 0.949 bits per heavy atom. The number of aliphatic hydroxyl groups is 1. The topological polar surface area (TPSA) is 114 Å². The number of hydrazone groups is 1. The lowest BCUT2D eigenvalue weighted by Gasteiger charge is -2.27. The molecule has 10 heteroatoms. The molecule has 8 nitrogen and oxygen atoms in total. The van der Waals surface area contributed by atoms with Crippen molar-refractivity contribution in [3.8, 4) is 11.5 Å². The number of benzene rings is 4. The van der Waals surface area contributed by atoms with Crippen molar-refractivity contribution >= 4 is 38.2 Å². The second-order valence-electron chi connectivity index (χ2n) is 8.53. The number of nitrogens with zero attached hydrogens (tertiary/aromatic N) is 1. The lowest BCUT2D eigenvalue weighted by atomic mass is 9.85. The number of hydrogen-bond donors (Lipinski definition) is 2. The highest BCUT2D eigenvalue weighted by Gasteiger charge is 2.39. The maximum Gasteiger partial charge on any atom is 0.339 e.